The first-order valence-electron chi connectivity index (χ1n) is 9.71. The molecule has 3 amide bonds. The topological polar surface area (TPSA) is 204 Å². The van der Waals surface area contributed by atoms with Crippen LogP contribution in [0.25, 0.3) is 10.9 Å². The Balaban J connectivity index is 1.88. The molecule has 0 aliphatic carbocycles. The van der Waals surface area contributed by atoms with Crippen molar-refractivity contribution in [2.45, 2.75) is 37.9 Å². The van der Waals surface area contributed by atoms with Crippen LogP contribution in [-0.4, -0.2) is 69.5 Å². The molecule has 12 nitrogen and oxygen atoms in total. The lowest BCUT2D eigenvalue weighted by Gasteiger charge is -2.19. The van der Waals surface area contributed by atoms with Crippen LogP contribution in [-0.2, 0) is 30.4 Å². The number of rotatable bonds is 11. The normalized spacial score (nSPS) is 13.6. The van der Waals surface area contributed by atoms with Gasteiger partial charge in [0.05, 0.1) is 19.0 Å². The summed E-state index contributed by atoms with van der Waals surface area (Å²) >= 11 is 0. The summed E-state index contributed by atoms with van der Waals surface area (Å²) < 4.78 is 0. The number of aliphatic carboxylic acids is 2. The van der Waals surface area contributed by atoms with Crippen molar-refractivity contribution in [1.82, 2.24) is 20.9 Å². The van der Waals surface area contributed by atoms with Gasteiger partial charge in [-0.25, -0.2) is 4.79 Å². The van der Waals surface area contributed by atoms with E-state index < -0.39 is 60.8 Å². The molecule has 1 heterocycles. The molecule has 2 rings (SSSR count). The fourth-order valence-electron chi connectivity index (χ4n) is 2.95. The standard InChI is InChI=1S/C20H25N5O7/c1-10(24-16(26)9-23-19(30)13(21)7-17(27)28)18(29)25-15(20(31)32)6-11-8-22-14-5-3-2-4-12(11)14/h2-5,8,10,13,15,22H,6-7,9,21H2,1H3,(H,23,30)(H,24,26)(H,25,29)(H,27,28)(H,31,32). The summed E-state index contributed by atoms with van der Waals surface area (Å²) in [6.45, 7) is 0.831. The minimum atomic E-state index is -1.32. The Bertz CT molecular complexity index is 1020. The molecule has 0 aliphatic heterocycles. The number of H-pyrrole nitrogens is 1. The molecule has 0 spiro atoms. The first-order chi connectivity index (χ1) is 15.1. The van der Waals surface area contributed by atoms with Gasteiger partial charge in [0.25, 0.3) is 0 Å². The number of hydrogen-bond acceptors (Lipinski definition) is 6. The molecule has 0 aliphatic rings. The fourth-order valence-corrected chi connectivity index (χ4v) is 2.95. The number of carbonyl (C=O) groups excluding carboxylic acids is 3. The molecule has 2 aromatic rings. The maximum atomic E-state index is 12.4. The van der Waals surface area contributed by atoms with Gasteiger partial charge >= 0.3 is 11.9 Å². The highest BCUT2D eigenvalue weighted by Crippen LogP contribution is 2.19. The quantitative estimate of drug-likeness (QED) is 0.220. The van der Waals surface area contributed by atoms with Gasteiger partial charge < -0.3 is 36.9 Å². The number of aromatic amines is 1. The molecule has 172 valence electrons. The largest absolute Gasteiger partial charge is 0.481 e. The number of para-hydroxylation sites is 1. The van der Waals surface area contributed by atoms with Crippen LogP contribution in [0.3, 0.4) is 0 Å². The van der Waals surface area contributed by atoms with Crippen molar-refractivity contribution in [1.29, 1.82) is 0 Å². The van der Waals surface area contributed by atoms with Gasteiger partial charge in [-0.05, 0) is 18.6 Å². The van der Waals surface area contributed by atoms with Crippen LogP contribution in [0.15, 0.2) is 30.5 Å². The molecule has 3 unspecified atom stereocenters. The average Bonchev–Trinajstić information content (AvgIpc) is 3.13. The smallest absolute Gasteiger partial charge is 0.326 e. The average molecular weight is 447 g/mol. The van der Waals surface area contributed by atoms with Gasteiger partial charge in [-0.1, -0.05) is 18.2 Å². The minimum Gasteiger partial charge on any atom is -0.481 e. The van der Waals surface area contributed by atoms with Crippen LogP contribution in [0.5, 0.6) is 0 Å². The van der Waals surface area contributed by atoms with Crippen molar-refractivity contribution < 1.29 is 34.2 Å². The Labute approximate surface area is 182 Å². The summed E-state index contributed by atoms with van der Waals surface area (Å²) in [6.07, 6.45) is 1.11. The van der Waals surface area contributed by atoms with Crippen LogP contribution < -0.4 is 21.7 Å². The van der Waals surface area contributed by atoms with Gasteiger partial charge in [0.1, 0.15) is 12.1 Å². The van der Waals surface area contributed by atoms with Crippen molar-refractivity contribution >= 4 is 40.6 Å². The molecule has 1 aromatic heterocycles. The highest BCUT2D eigenvalue weighted by atomic mass is 16.4. The van der Waals surface area contributed by atoms with Gasteiger partial charge in [-0.2, -0.15) is 0 Å². The van der Waals surface area contributed by atoms with Gasteiger partial charge in [0, 0.05) is 23.5 Å². The minimum absolute atomic E-state index is 0.0310. The summed E-state index contributed by atoms with van der Waals surface area (Å²) in [5.41, 5.74) is 6.93. The highest BCUT2D eigenvalue weighted by Gasteiger charge is 2.25. The van der Waals surface area contributed by atoms with E-state index in [0.717, 1.165) is 10.9 Å². The molecule has 32 heavy (non-hydrogen) atoms. The summed E-state index contributed by atoms with van der Waals surface area (Å²) in [6, 6.07) is 3.71. The Morgan fingerprint density at radius 1 is 1.06 bits per heavy atom. The molecule has 1 aromatic carbocycles. The molecule has 0 saturated heterocycles. The van der Waals surface area contributed by atoms with E-state index in [2.05, 4.69) is 20.9 Å². The number of amides is 3. The van der Waals surface area contributed by atoms with E-state index in [9.17, 15) is 29.1 Å². The summed E-state index contributed by atoms with van der Waals surface area (Å²) in [7, 11) is 0. The summed E-state index contributed by atoms with van der Waals surface area (Å²) in [5.74, 6) is -4.78. The number of hydrogen-bond donors (Lipinski definition) is 7. The van der Waals surface area contributed by atoms with Crippen LogP contribution in [0.4, 0.5) is 0 Å². The Hall–Kier alpha value is -3.93. The first-order valence-corrected chi connectivity index (χ1v) is 9.71. The predicted molar refractivity (Wildman–Crippen MR) is 112 cm³/mol. The Morgan fingerprint density at radius 2 is 1.75 bits per heavy atom. The van der Waals surface area contributed by atoms with E-state index in [1.165, 1.54) is 6.92 Å². The molecule has 3 atom stereocenters. The molecular weight excluding hydrogens is 422 g/mol. The van der Waals surface area contributed by atoms with Gasteiger partial charge in [0.15, 0.2) is 0 Å². The second-order valence-electron chi connectivity index (χ2n) is 7.17. The third-order valence-electron chi connectivity index (χ3n) is 4.64. The van der Waals surface area contributed by atoms with E-state index >= 15 is 0 Å². The molecular formula is C20H25N5O7. The van der Waals surface area contributed by atoms with Crippen molar-refractivity contribution in [3.63, 3.8) is 0 Å². The van der Waals surface area contributed by atoms with E-state index in [-0.39, 0.29) is 6.42 Å². The van der Waals surface area contributed by atoms with Crippen LogP contribution in [0, 0.1) is 0 Å². The first kappa shape index (κ1) is 24.3. The maximum Gasteiger partial charge on any atom is 0.326 e. The number of fused-ring (bicyclic) bond motifs is 1. The Morgan fingerprint density at radius 3 is 2.41 bits per heavy atom. The highest BCUT2D eigenvalue weighted by molar-refractivity contribution is 5.93. The van der Waals surface area contributed by atoms with Crippen molar-refractivity contribution in [3.8, 4) is 0 Å². The number of benzene rings is 1. The van der Waals surface area contributed by atoms with E-state index in [4.69, 9.17) is 10.8 Å². The number of carboxylic acid groups (broad SMARTS) is 2. The monoisotopic (exact) mass is 447 g/mol. The number of carbonyl (C=O) groups is 5. The zero-order valence-corrected chi connectivity index (χ0v) is 17.3. The third kappa shape index (κ3) is 6.80. The molecule has 0 radical (unpaired) electrons. The molecule has 12 heteroatoms. The lowest BCUT2D eigenvalue weighted by Crippen LogP contribution is -2.53. The zero-order chi connectivity index (χ0) is 23.8. The fraction of sp³-hybridized carbons (Fsp3) is 0.350. The second kappa shape index (κ2) is 10.9. The van der Waals surface area contributed by atoms with E-state index in [1.807, 2.05) is 24.3 Å². The number of carboxylic acids is 2. The summed E-state index contributed by atoms with van der Waals surface area (Å²) in [5, 5.41) is 25.8. The lowest BCUT2D eigenvalue weighted by molar-refractivity contribution is -0.142. The van der Waals surface area contributed by atoms with Gasteiger partial charge in [0.2, 0.25) is 17.7 Å². The molecule has 0 fully saturated rings. The van der Waals surface area contributed by atoms with Crippen LogP contribution >= 0.6 is 0 Å². The maximum absolute atomic E-state index is 12.4. The number of nitrogens with one attached hydrogen (secondary N) is 4. The van der Waals surface area contributed by atoms with Crippen molar-refractivity contribution in [2.75, 3.05) is 6.54 Å². The molecule has 0 bridgehead atoms. The third-order valence-corrected chi connectivity index (χ3v) is 4.64. The van der Waals surface area contributed by atoms with Crippen molar-refractivity contribution in [2.24, 2.45) is 5.73 Å². The Kier molecular flexibility index (Phi) is 8.30. The van der Waals surface area contributed by atoms with Gasteiger partial charge in [-0.15, -0.1) is 0 Å². The van der Waals surface area contributed by atoms with Gasteiger partial charge in [-0.3, -0.25) is 19.2 Å². The van der Waals surface area contributed by atoms with Crippen LogP contribution in [0.1, 0.15) is 18.9 Å². The van der Waals surface area contributed by atoms with Crippen LogP contribution in [0.2, 0.25) is 0 Å². The van der Waals surface area contributed by atoms with E-state index in [0.29, 0.717) is 5.56 Å². The van der Waals surface area contributed by atoms with Crippen molar-refractivity contribution in [3.05, 3.63) is 36.0 Å². The summed E-state index contributed by atoms with van der Waals surface area (Å²) in [4.78, 5) is 61.2. The molecule has 0 saturated carbocycles. The molecule has 8 N–H and O–H groups in total. The zero-order valence-electron chi connectivity index (χ0n) is 17.3. The number of aromatic nitrogens is 1. The predicted octanol–water partition coefficient (Wildman–Crippen LogP) is -1.30. The number of nitrogens with two attached hydrogens (primary N) is 1. The van der Waals surface area contributed by atoms with E-state index in [1.54, 1.807) is 6.20 Å². The lowest BCUT2D eigenvalue weighted by atomic mass is 10.0. The second-order valence-corrected chi connectivity index (χ2v) is 7.17. The SMILES string of the molecule is CC(NC(=O)CNC(=O)C(N)CC(=O)O)C(=O)NC(Cc1c[nH]c2ccccc12)C(=O)O.